The number of ether oxygens (including phenoxy) is 1. The summed E-state index contributed by atoms with van der Waals surface area (Å²) in [6.45, 7) is 2.22. The van der Waals surface area contributed by atoms with Crippen molar-refractivity contribution in [2.24, 2.45) is 0 Å². The number of Topliss-reactive ketones (excluding diaryl/α,β-unsaturated/α-hetero) is 1. The molecule has 0 fully saturated rings. The molecule has 0 amide bonds. The minimum absolute atomic E-state index is 0.0880. The summed E-state index contributed by atoms with van der Waals surface area (Å²) in [7, 11) is 0. The maximum absolute atomic E-state index is 13.1. The smallest absolute Gasteiger partial charge is 0.205 e. The fraction of sp³-hybridized carbons (Fsp3) is 0.0800. The van der Waals surface area contributed by atoms with Crippen molar-refractivity contribution in [3.8, 4) is 11.8 Å². The van der Waals surface area contributed by atoms with Crippen LogP contribution in [-0.2, 0) is 6.61 Å². The van der Waals surface area contributed by atoms with Crippen LogP contribution in [0.2, 0.25) is 0 Å². The molecule has 2 aromatic heterocycles. The summed E-state index contributed by atoms with van der Waals surface area (Å²) < 4.78 is 5.73. The highest BCUT2D eigenvalue weighted by Gasteiger charge is 2.19. The lowest BCUT2D eigenvalue weighted by Crippen LogP contribution is -2.03. The summed E-state index contributed by atoms with van der Waals surface area (Å²) in [6.07, 6.45) is 3.33. The largest absolute Gasteiger partial charge is 0.487 e. The molecule has 0 radical (unpaired) electrons. The van der Waals surface area contributed by atoms with E-state index in [4.69, 9.17) is 4.74 Å². The first-order valence-electron chi connectivity index (χ1n) is 9.52. The van der Waals surface area contributed by atoms with Crippen LogP contribution in [0, 0.1) is 18.3 Å². The monoisotopic (exact) mass is 393 g/mol. The van der Waals surface area contributed by atoms with Crippen LogP contribution < -0.4 is 4.74 Å². The number of hydrogen-bond acceptors (Lipinski definition) is 4. The molecule has 0 aliphatic rings. The molecule has 2 aromatic carbocycles. The second kappa shape index (κ2) is 8.46. The standard InChI is InChI=1S/C25H19N3O2/c1-17-24(22-7-2-3-8-23(22)28-17)25(29)19(15-26)14-18-9-11-21(12-10-18)30-16-20-6-4-5-13-27-20/h2-14,28H,16H2,1H3/b19-14+. The van der Waals surface area contributed by atoms with Gasteiger partial charge in [-0.1, -0.05) is 36.4 Å². The third-order valence-electron chi connectivity index (χ3n) is 4.79. The molecule has 0 saturated heterocycles. The number of aromatic amines is 1. The van der Waals surface area contributed by atoms with Crippen molar-refractivity contribution in [2.75, 3.05) is 0 Å². The number of nitrogens with one attached hydrogen (secondary N) is 1. The molecule has 0 spiro atoms. The van der Waals surface area contributed by atoms with E-state index in [2.05, 4.69) is 9.97 Å². The third kappa shape index (κ3) is 3.98. The van der Waals surface area contributed by atoms with E-state index in [-0.39, 0.29) is 11.4 Å². The Morgan fingerprint density at radius 3 is 2.60 bits per heavy atom. The Morgan fingerprint density at radius 2 is 1.87 bits per heavy atom. The normalized spacial score (nSPS) is 11.3. The number of aryl methyl sites for hydroxylation is 1. The van der Waals surface area contributed by atoms with Crippen LogP contribution in [0.25, 0.3) is 17.0 Å². The van der Waals surface area contributed by atoms with E-state index in [1.165, 1.54) is 0 Å². The van der Waals surface area contributed by atoms with Crippen LogP contribution in [0.15, 0.2) is 78.5 Å². The van der Waals surface area contributed by atoms with Gasteiger partial charge in [-0.3, -0.25) is 9.78 Å². The Kier molecular flexibility index (Phi) is 5.40. The average Bonchev–Trinajstić information content (AvgIpc) is 3.12. The van der Waals surface area contributed by atoms with Crippen LogP contribution in [0.4, 0.5) is 0 Å². The number of hydrogen-bond donors (Lipinski definition) is 1. The number of pyridine rings is 1. The minimum atomic E-state index is -0.289. The van der Waals surface area contributed by atoms with Gasteiger partial charge in [0.25, 0.3) is 0 Å². The van der Waals surface area contributed by atoms with Gasteiger partial charge in [-0.15, -0.1) is 0 Å². The molecule has 0 bridgehead atoms. The SMILES string of the molecule is Cc1[nH]c2ccccc2c1C(=O)/C(C#N)=C/c1ccc(OCc2ccccn2)cc1. The summed E-state index contributed by atoms with van der Waals surface area (Å²) in [5.74, 6) is 0.401. The molecule has 0 saturated carbocycles. The number of aromatic nitrogens is 2. The number of allylic oxidation sites excluding steroid dienone is 1. The van der Waals surface area contributed by atoms with Crippen molar-refractivity contribution in [1.29, 1.82) is 5.26 Å². The number of ketones is 1. The van der Waals surface area contributed by atoms with Crippen molar-refractivity contribution >= 4 is 22.8 Å². The van der Waals surface area contributed by atoms with Crippen LogP contribution in [0.1, 0.15) is 27.3 Å². The quantitative estimate of drug-likeness (QED) is 0.276. The number of carbonyl (C=O) groups excluding carboxylic acids is 1. The van der Waals surface area contributed by atoms with Crippen molar-refractivity contribution in [2.45, 2.75) is 13.5 Å². The highest BCUT2D eigenvalue weighted by molar-refractivity contribution is 6.20. The minimum Gasteiger partial charge on any atom is -0.487 e. The maximum Gasteiger partial charge on any atom is 0.205 e. The predicted octanol–water partition coefficient (Wildman–Crippen LogP) is 5.24. The first-order chi connectivity index (χ1) is 14.7. The van der Waals surface area contributed by atoms with Crippen molar-refractivity contribution in [3.05, 3.63) is 101 Å². The molecule has 0 atom stereocenters. The number of nitrogens with zero attached hydrogens (tertiary/aromatic N) is 2. The number of rotatable bonds is 6. The van der Waals surface area contributed by atoms with E-state index in [1.807, 2.05) is 79.7 Å². The fourth-order valence-electron chi connectivity index (χ4n) is 3.32. The van der Waals surface area contributed by atoms with E-state index in [0.29, 0.717) is 17.9 Å². The molecule has 0 unspecified atom stereocenters. The Hall–Kier alpha value is -4.17. The summed E-state index contributed by atoms with van der Waals surface area (Å²) in [5, 5.41) is 10.4. The van der Waals surface area contributed by atoms with Gasteiger partial charge in [0, 0.05) is 22.8 Å². The number of benzene rings is 2. The Labute approximate surface area is 174 Å². The van der Waals surface area contributed by atoms with Crippen LogP contribution in [-0.4, -0.2) is 15.8 Å². The first-order valence-corrected chi connectivity index (χ1v) is 9.52. The lowest BCUT2D eigenvalue weighted by Gasteiger charge is -2.06. The van der Waals surface area contributed by atoms with Crippen molar-refractivity contribution in [3.63, 3.8) is 0 Å². The summed E-state index contributed by atoms with van der Waals surface area (Å²) >= 11 is 0. The zero-order chi connectivity index (χ0) is 20.9. The molecule has 4 aromatic rings. The molecule has 146 valence electrons. The zero-order valence-corrected chi connectivity index (χ0v) is 16.4. The van der Waals surface area contributed by atoms with Gasteiger partial charge in [0.1, 0.15) is 24.0 Å². The average molecular weight is 393 g/mol. The Balaban J connectivity index is 1.54. The second-order valence-electron chi connectivity index (χ2n) is 6.85. The highest BCUT2D eigenvalue weighted by Crippen LogP contribution is 2.25. The van der Waals surface area contributed by atoms with Gasteiger partial charge in [0.05, 0.1) is 11.3 Å². The van der Waals surface area contributed by atoms with E-state index < -0.39 is 0 Å². The van der Waals surface area contributed by atoms with Crippen LogP contribution in [0.5, 0.6) is 5.75 Å². The van der Waals surface area contributed by atoms with Gasteiger partial charge < -0.3 is 9.72 Å². The summed E-state index contributed by atoms with van der Waals surface area (Å²) in [6, 6.07) is 22.6. The maximum atomic E-state index is 13.1. The van der Waals surface area contributed by atoms with Crippen molar-refractivity contribution in [1.82, 2.24) is 9.97 Å². The topological polar surface area (TPSA) is 78.8 Å². The lowest BCUT2D eigenvalue weighted by molar-refractivity contribution is 0.104. The molecular weight excluding hydrogens is 374 g/mol. The van der Waals surface area contributed by atoms with Gasteiger partial charge in [-0.2, -0.15) is 5.26 Å². The molecule has 1 N–H and O–H groups in total. The molecule has 5 heteroatoms. The summed E-state index contributed by atoms with van der Waals surface area (Å²) in [4.78, 5) is 20.5. The highest BCUT2D eigenvalue weighted by atomic mass is 16.5. The van der Waals surface area contributed by atoms with Gasteiger partial charge >= 0.3 is 0 Å². The van der Waals surface area contributed by atoms with E-state index in [9.17, 15) is 10.1 Å². The second-order valence-corrected chi connectivity index (χ2v) is 6.85. The lowest BCUT2D eigenvalue weighted by atomic mass is 9.99. The van der Waals surface area contributed by atoms with E-state index in [1.54, 1.807) is 12.3 Å². The first kappa shape index (κ1) is 19.2. The van der Waals surface area contributed by atoms with Gasteiger partial charge in [0.2, 0.25) is 5.78 Å². The molecule has 0 aliphatic carbocycles. The molecule has 0 aliphatic heterocycles. The van der Waals surface area contributed by atoms with Crippen molar-refractivity contribution < 1.29 is 9.53 Å². The van der Waals surface area contributed by atoms with E-state index in [0.717, 1.165) is 27.9 Å². The number of carbonyl (C=O) groups is 1. The Bertz CT molecular complexity index is 1260. The number of H-pyrrole nitrogens is 1. The summed E-state index contributed by atoms with van der Waals surface area (Å²) in [5.41, 5.74) is 3.85. The zero-order valence-electron chi connectivity index (χ0n) is 16.4. The van der Waals surface area contributed by atoms with E-state index >= 15 is 0 Å². The molecular formula is C25H19N3O2. The fourth-order valence-corrected chi connectivity index (χ4v) is 3.32. The molecule has 2 heterocycles. The van der Waals surface area contributed by atoms with Gasteiger partial charge in [-0.05, 0) is 48.9 Å². The number of fused-ring (bicyclic) bond motifs is 1. The van der Waals surface area contributed by atoms with Gasteiger partial charge in [-0.25, -0.2) is 0 Å². The van der Waals surface area contributed by atoms with Gasteiger partial charge in [0.15, 0.2) is 0 Å². The van der Waals surface area contributed by atoms with Crippen LogP contribution >= 0.6 is 0 Å². The number of para-hydroxylation sites is 1. The Morgan fingerprint density at radius 1 is 1.10 bits per heavy atom. The molecule has 30 heavy (non-hydrogen) atoms. The molecule has 4 rings (SSSR count). The van der Waals surface area contributed by atoms with Crippen LogP contribution in [0.3, 0.4) is 0 Å². The number of nitriles is 1. The third-order valence-corrected chi connectivity index (χ3v) is 4.79. The molecule has 5 nitrogen and oxygen atoms in total. The predicted molar refractivity (Wildman–Crippen MR) is 116 cm³/mol.